The molecule has 16 heavy (non-hydrogen) atoms. The van der Waals surface area contributed by atoms with E-state index in [0.29, 0.717) is 5.13 Å². The van der Waals surface area contributed by atoms with Crippen molar-refractivity contribution in [3.8, 4) is 0 Å². The number of urea groups is 1. The molecular formula is C10H13N3O2S. The summed E-state index contributed by atoms with van der Waals surface area (Å²) in [5, 5.41) is 4.80. The van der Waals surface area contributed by atoms with Crippen LogP contribution in [-0.2, 0) is 10.2 Å². The Hall–Kier alpha value is -1.43. The zero-order valence-electron chi connectivity index (χ0n) is 9.40. The van der Waals surface area contributed by atoms with Crippen molar-refractivity contribution in [1.82, 2.24) is 10.3 Å². The second-order valence-electron chi connectivity index (χ2n) is 4.65. The van der Waals surface area contributed by atoms with Gasteiger partial charge < -0.3 is 5.32 Å². The van der Waals surface area contributed by atoms with Crippen molar-refractivity contribution in [2.24, 2.45) is 0 Å². The molecule has 86 valence electrons. The highest BCUT2D eigenvalue weighted by Crippen LogP contribution is 2.29. The van der Waals surface area contributed by atoms with Crippen LogP contribution >= 0.6 is 11.3 Å². The van der Waals surface area contributed by atoms with E-state index in [1.807, 2.05) is 26.2 Å². The predicted molar refractivity (Wildman–Crippen MR) is 61.7 cm³/mol. The molecule has 2 heterocycles. The van der Waals surface area contributed by atoms with Gasteiger partial charge in [0.2, 0.25) is 5.13 Å². The van der Waals surface area contributed by atoms with E-state index >= 15 is 0 Å². The van der Waals surface area contributed by atoms with Crippen LogP contribution in [-0.4, -0.2) is 23.5 Å². The summed E-state index contributed by atoms with van der Waals surface area (Å²) in [6.07, 6.45) is 0. The quantitative estimate of drug-likeness (QED) is 0.755. The number of carbonyl (C=O) groups excluding carboxylic acids is 2. The maximum Gasteiger partial charge on any atom is 0.331 e. The minimum atomic E-state index is -0.389. The number of rotatable bonds is 1. The van der Waals surface area contributed by atoms with Gasteiger partial charge in [0.05, 0.1) is 12.2 Å². The van der Waals surface area contributed by atoms with Crippen molar-refractivity contribution < 1.29 is 9.59 Å². The number of hydrogen-bond donors (Lipinski definition) is 1. The average Bonchev–Trinajstić information content (AvgIpc) is 2.72. The molecule has 6 heteroatoms. The van der Waals surface area contributed by atoms with Gasteiger partial charge in [0, 0.05) is 10.8 Å². The molecule has 5 nitrogen and oxygen atoms in total. The Morgan fingerprint density at radius 3 is 2.56 bits per heavy atom. The Morgan fingerprint density at radius 1 is 1.44 bits per heavy atom. The fraction of sp³-hybridized carbons (Fsp3) is 0.500. The van der Waals surface area contributed by atoms with Gasteiger partial charge in [0.1, 0.15) is 0 Å². The van der Waals surface area contributed by atoms with Crippen LogP contribution in [0.5, 0.6) is 0 Å². The predicted octanol–water partition coefficient (Wildman–Crippen LogP) is 1.50. The summed E-state index contributed by atoms with van der Waals surface area (Å²) in [4.78, 5) is 28.3. The van der Waals surface area contributed by atoms with E-state index in [9.17, 15) is 9.59 Å². The summed E-state index contributed by atoms with van der Waals surface area (Å²) in [6.45, 7) is 6.18. The molecule has 1 fully saturated rings. The summed E-state index contributed by atoms with van der Waals surface area (Å²) in [5.41, 5.74) is 0.813. The van der Waals surface area contributed by atoms with E-state index in [2.05, 4.69) is 10.3 Å². The van der Waals surface area contributed by atoms with Crippen LogP contribution in [0.25, 0.3) is 0 Å². The van der Waals surface area contributed by atoms with Crippen LogP contribution in [0, 0.1) is 0 Å². The maximum absolute atomic E-state index is 11.5. The monoisotopic (exact) mass is 239 g/mol. The summed E-state index contributed by atoms with van der Waals surface area (Å²) in [6, 6.07) is -0.389. The van der Waals surface area contributed by atoms with Gasteiger partial charge in [-0.15, -0.1) is 11.3 Å². The first-order chi connectivity index (χ1) is 7.39. The lowest BCUT2D eigenvalue weighted by Gasteiger charge is -2.14. The van der Waals surface area contributed by atoms with Crippen molar-refractivity contribution in [1.29, 1.82) is 0 Å². The molecule has 3 amide bonds. The molecule has 1 saturated heterocycles. The molecule has 1 aliphatic rings. The third-order valence-corrected chi connectivity index (χ3v) is 3.12. The Labute approximate surface area is 97.5 Å². The molecule has 1 N–H and O–H groups in total. The third kappa shape index (κ3) is 1.80. The van der Waals surface area contributed by atoms with Crippen LogP contribution in [0.2, 0.25) is 0 Å². The molecule has 0 bridgehead atoms. The molecule has 1 aromatic rings. The van der Waals surface area contributed by atoms with Crippen LogP contribution in [0.1, 0.15) is 26.5 Å². The molecule has 0 radical (unpaired) electrons. The smallest absolute Gasteiger partial charge is 0.328 e. The van der Waals surface area contributed by atoms with Crippen molar-refractivity contribution in [3.63, 3.8) is 0 Å². The van der Waals surface area contributed by atoms with Crippen LogP contribution in [0.3, 0.4) is 0 Å². The minimum Gasteiger partial charge on any atom is -0.328 e. The third-order valence-electron chi connectivity index (χ3n) is 2.30. The Balaban J connectivity index is 2.32. The lowest BCUT2D eigenvalue weighted by molar-refractivity contribution is -0.115. The first kappa shape index (κ1) is 11.1. The molecule has 1 aromatic heterocycles. The standard InChI is InChI=1S/C10H13N3O2S/c1-10(2,3)6-5-16-9(12-6)13-7(14)4-11-8(13)15/h5H,4H2,1-3H3,(H,11,15). The number of hydrogen-bond acceptors (Lipinski definition) is 4. The minimum absolute atomic E-state index is 0.0588. The Morgan fingerprint density at radius 2 is 2.12 bits per heavy atom. The van der Waals surface area contributed by atoms with Gasteiger partial charge >= 0.3 is 6.03 Å². The van der Waals surface area contributed by atoms with E-state index in [0.717, 1.165) is 10.6 Å². The fourth-order valence-electron chi connectivity index (χ4n) is 1.33. The number of nitrogens with zero attached hydrogens (tertiary/aromatic N) is 2. The van der Waals surface area contributed by atoms with E-state index in [4.69, 9.17) is 0 Å². The molecule has 0 unspecified atom stereocenters. The van der Waals surface area contributed by atoms with Gasteiger partial charge in [-0.25, -0.2) is 14.7 Å². The largest absolute Gasteiger partial charge is 0.331 e. The number of aromatic nitrogens is 1. The summed E-state index contributed by atoms with van der Waals surface area (Å²) in [5.74, 6) is -0.250. The van der Waals surface area contributed by atoms with Gasteiger partial charge in [-0.1, -0.05) is 20.8 Å². The van der Waals surface area contributed by atoms with Gasteiger partial charge in [-0.05, 0) is 0 Å². The summed E-state index contributed by atoms with van der Waals surface area (Å²) in [7, 11) is 0. The van der Waals surface area contributed by atoms with E-state index in [1.165, 1.54) is 11.3 Å². The highest BCUT2D eigenvalue weighted by atomic mass is 32.1. The second kappa shape index (κ2) is 3.55. The highest BCUT2D eigenvalue weighted by Gasteiger charge is 2.33. The normalized spacial score (nSPS) is 16.8. The first-order valence-corrected chi connectivity index (χ1v) is 5.84. The molecule has 0 aromatic carbocycles. The topological polar surface area (TPSA) is 62.3 Å². The number of imide groups is 1. The van der Waals surface area contributed by atoms with E-state index in [1.54, 1.807) is 0 Å². The maximum atomic E-state index is 11.5. The number of carbonyl (C=O) groups is 2. The zero-order chi connectivity index (χ0) is 11.9. The van der Waals surface area contributed by atoms with Crippen LogP contribution in [0.15, 0.2) is 5.38 Å². The molecule has 0 saturated carbocycles. The summed E-state index contributed by atoms with van der Waals surface area (Å²) < 4.78 is 0. The lowest BCUT2D eigenvalue weighted by atomic mass is 9.93. The van der Waals surface area contributed by atoms with Crippen molar-refractivity contribution in [2.75, 3.05) is 11.4 Å². The van der Waals surface area contributed by atoms with Crippen molar-refractivity contribution in [3.05, 3.63) is 11.1 Å². The van der Waals surface area contributed by atoms with Crippen molar-refractivity contribution >= 4 is 28.4 Å². The number of thiazole rings is 1. The Bertz CT molecular complexity index is 431. The van der Waals surface area contributed by atoms with Gasteiger partial charge in [-0.3, -0.25) is 4.79 Å². The average molecular weight is 239 g/mol. The molecule has 0 atom stereocenters. The SMILES string of the molecule is CC(C)(C)c1csc(N2C(=O)CNC2=O)n1. The molecule has 1 aliphatic heterocycles. The van der Waals surface area contributed by atoms with Crippen LogP contribution in [0.4, 0.5) is 9.93 Å². The van der Waals surface area contributed by atoms with E-state index < -0.39 is 0 Å². The van der Waals surface area contributed by atoms with Crippen LogP contribution < -0.4 is 10.2 Å². The Kier molecular flexibility index (Phi) is 2.46. The number of anilines is 1. The number of nitrogens with one attached hydrogen (secondary N) is 1. The molecule has 2 rings (SSSR count). The van der Waals surface area contributed by atoms with Crippen molar-refractivity contribution in [2.45, 2.75) is 26.2 Å². The number of amides is 3. The van der Waals surface area contributed by atoms with E-state index in [-0.39, 0.29) is 23.9 Å². The molecule has 0 spiro atoms. The van der Waals surface area contributed by atoms with Gasteiger partial charge in [0.25, 0.3) is 5.91 Å². The molecular weight excluding hydrogens is 226 g/mol. The lowest BCUT2D eigenvalue weighted by Crippen LogP contribution is -2.30. The second-order valence-corrected chi connectivity index (χ2v) is 5.49. The first-order valence-electron chi connectivity index (χ1n) is 4.96. The van der Waals surface area contributed by atoms with Gasteiger partial charge in [-0.2, -0.15) is 0 Å². The fourth-order valence-corrected chi connectivity index (χ4v) is 2.39. The highest BCUT2D eigenvalue weighted by molar-refractivity contribution is 7.14. The zero-order valence-corrected chi connectivity index (χ0v) is 10.2. The summed E-state index contributed by atoms with van der Waals surface area (Å²) >= 11 is 1.31. The molecule has 0 aliphatic carbocycles. The van der Waals surface area contributed by atoms with Gasteiger partial charge in [0.15, 0.2) is 0 Å².